The van der Waals surface area contributed by atoms with Gasteiger partial charge in [-0.05, 0) is 37.9 Å². The van der Waals surface area contributed by atoms with Crippen LogP contribution in [0.25, 0.3) is 11.3 Å². The summed E-state index contributed by atoms with van der Waals surface area (Å²) in [5.41, 5.74) is 1.64. The number of aromatic nitrogens is 2. The van der Waals surface area contributed by atoms with Crippen molar-refractivity contribution in [2.75, 3.05) is 5.52 Å². The van der Waals surface area contributed by atoms with Gasteiger partial charge in [-0.1, -0.05) is 0 Å². The number of rotatable bonds is 4. The fourth-order valence-electron chi connectivity index (χ4n) is 1.71. The fraction of sp³-hybridized carbons (Fsp3) is 0.182. The molecule has 100 valence electrons. The Morgan fingerprint density at radius 3 is 2.79 bits per heavy atom. The van der Waals surface area contributed by atoms with Gasteiger partial charge in [-0.3, -0.25) is 14.8 Å². The monoisotopic (exact) mass is 389 g/mol. The first kappa shape index (κ1) is 14.0. The molecule has 0 aliphatic carbocycles. The molecule has 0 fully saturated rings. The van der Waals surface area contributed by atoms with Crippen LogP contribution in [0.4, 0.5) is 5.69 Å². The van der Waals surface area contributed by atoms with E-state index in [0.717, 1.165) is 10.2 Å². The number of ether oxygens (including phenoxy) is 1. The van der Waals surface area contributed by atoms with E-state index in [1.54, 1.807) is 24.0 Å². The summed E-state index contributed by atoms with van der Waals surface area (Å²) in [5.74, 6) is 0.548. The third-order valence-electron chi connectivity index (χ3n) is 2.53. The zero-order valence-corrected chi connectivity index (χ0v) is 13.0. The van der Waals surface area contributed by atoms with E-state index in [4.69, 9.17) is 4.74 Å². The summed E-state index contributed by atoms with van der Waals surface area (Å²) < 4.78 is 7.81. The predicted molar refractivity (Wildman–Crippen MR) is 77.4 cm³/mol. The summed E-state index contributed by atoms with van der Waals surface area (Å²) in [6.45, 7) is 0. The van der Waals surface area contributed by atoms with Gasteiger partial charge in [-0.25, -0.2) is 0 Å². The number of nitro groups is 1. The second-order valence-corrected chi connectivity index (χ2v) is 4.97. The second-order valence-electron chi connectivity index (χ2n) is 3.66. The molecule has 0 N–H and O–H groups in total. The van der Waals surface area contributed by atoms with Gasteiger partial charge in [0.2, 0.25) is 0 Å². The van der Waals surface area contributed by atoms with E-state index in [-0.39, 0.29) is 5.69 Å². The number of aryl methyl sites for hydroxylation is 1. The van der Waals surface area contributed by atoms with Gasteiger partial charge in [0.25, 0.3) is 5.69 Å². The molecule has 2 aromatic rings. The maximum atomic E-state index is 10.9. The Hall–Kier alpha value is -1.41. The zero-order valence-electron chi connectivity index (χ0n) is 9.84. The molecular weight excluding hydrogens is 382 g/mol. The molecule has 1 aromatic carbocycles. The van der Waals surface area contributed by atoms with Crippen LogP contribution in [0.15, 0.2) is 28.9 Å². The Bertz CT molecular complexity index is 608. The molecule has 0 unspecified atom stereocenters. The molecule has 1 aromatic heterocycles. The molecule has 0 aliphatic heterocycles. The van der Waals surface area contributed by atoms with Crippen LogP contribution in [-0.4, -0.2) is 20.2 Å². The van der Waals surface area contributed by atoms with Gasteiger partial charge in [0.1, 0.15) is 11.3 Å². The van der Waals surface area contributed by atoms with Gasteiger partial charge >= 0.3 is 0 Å². The number of nitrogens with zero attached hydrogens (tertiary/aromatic N) is 3. The minimum atomic E-state index is -0.439. The third kappa shape index (κ3) is 2.79. The van der Waals surface area contributed by atoms with Crippen molar-refractivity contribution in [1.82, 2.24) is 9.78 Å². The van der Waals surface area contributed by atoms with Crippen LogP contribution in [0.5, 0.6) is 5.75 Å². The van der Waals surface area contributed by atoms with Gasteiger partial charge in [-0.15, -0.1) is 0 Å². The van der Waals surface area contributed by atoms with Gasteiger partial charge < -0.3 is 4.74 Å². The average molecular weight is 391 g/mol. The standard InChI is InChI=1S/C11H9Br2N3O3/c1-15-11(9(13)5-14-15)8-4-7(16(17)18)2-3-10(8)19-6-12/h2-5H,6H2,1H3. The molecule has 0 aliphatic rings. The van der Waals surface area contributed by atoms with Crippen molar-refractivity contribution >= 4 is 37.5 Å². The molecule has 1 heterocycles. The summed E-state index contributed by atoms with van der Waals surface area (Å²) in [7, 11) is 1.76. The molecule has 0 atom stereocenters. The SMILES string of the molecule is Cn1ncc(Br)c1-c1cc([N+](=O)[O-])ccc1OCBr. The molecular formula is C11H9Br2N3O3. The van der Waals surface area contributed by atoms with E-state index in [2.05, 4.69) is 37.0 Å². The Morgan fingerprint density at radius 1 is 1.53 bits per heavy atom. The lowest BCUT2D eigenvalue weighted by atomic mass is 10.1. The van der Waals surface area contributed by atoms with E-state index in [0.29, 0.717) is 16.8 Å². The van der Waals surface area contributed by atoms with Crippen LogP contribution in [0, 0.1) is 10.1 Å². The Morgan fingerprint density at radius 2 is 2.26 bits per heavy atom. The highest BCUT2D eigenvalue weighted by atomic mass is 79.9. The molecule has 0 saturated carbocycles. The average Bonchev–Trinajstić information content (AvgIpc) is 2.70. The lowest BCUT2D eigenvalue weighted by molar-refractivity contribution is -0.384. The number of alkyl halides is 1. The first-order valence-corrected chi connectivity index (χ1v) is 7.11. The van der Waals surface area contributed by atoms with Gasteiger partial charge in [0.05, 0.1) is 21.3 Å². The van der Waals surface area contributed by atoms with Crippen molar-refractivity contribution in [2.24, 2.45) is 7.05 Å². The molecule has 0 saturated heterocycles. The lowest BCUT2D eigenvalue weighted by Crippen LogP contribution is -1.99. The van der Waals surface area contributed by atoms with Crippen LogP contribution in [0.3, 0.4) is 0 Å². The first-order valence-electron chi connectivity index (χ1n) is 5.19. The molecule has 0 radical (unpaired) electrons. The molecule has 2 rings (SSSR count). The van der Waals surface area contributed by atoms with E-state index < -0.39 is 4.92 Å². The highest BCUT2D eigenvalue weighted by Gasteiger charge is 2.18. The van der Waals surface area contributed by atoms with Crippen LogP contribution < -0.4 is 4.74 Å². The zero-order chi connectivity index (χ0) is 14.0. The largest absolute Gasteiger partial charge is 0.482 e. The van der Waals surface area contributed by atoms with Gasteiger partial charge in [0, 0.05) is 24.7 Å². The quantitative estimate of drug-likeness (QED) is 0.455. The lowest BCUT2D eigenvalue weighted by Gasteiger charge is -2.10. The van der Waals surface area contributed by atoms with Gasteiger partial charge in [0.15, 0.2) is 0 Å². The van der Waals surface area contributed by atoms with Crippen molar-refractivity contribution < 1.29 is 9.66 Å². The summed E-state index contributed by atoms with van der Waals surface area (Å²) in [4.78, 5) is 10.4. The summed E-state index contributed by atoms with van der Waals surface area (Å²) >= 11 is 6.56. The van der Waals surface area contributed by atoms with Gasteiger partial charge in [-0.2, -0.15) is 5.10 Å². The Labute approximate surface area is 125 Å². The normalized spacial score (nSPS) is 10.5. The number of nitro benzene ring substituents is 1. The molecule has 19 heavy (non-hydrogen) atoms. The molecule has 8 heteroatoms. The topological polar surface area (TPSA) is 70.2 Å². The highest BCUT2D eigenvalue weighted by Crippen LogP contribution is 2.37. The maximum Gasteiger partial charge on any atom is 0.270 e. The van der Waals surface area contributed by atoms with E-state index >= 15 is 0 Å². The smallest absolute Gasteiger partial charge is 0.270 e. The number of hydrogen-bond donors (Lipinski definition) is 0. The van der Waals surface area contributed by atoms with E-state index in [1.165, 1.54) is 12.1 Å². The number of non-ortho nitro benzene ring substituents is 1. The third-order valence-corrected chi connectivity index (χ3v) is 3.34. The second kappa shape index (κ2) is 5.70. The number of benzene rings is 1. The maximum absolute atomic E-state index is 10.9. The Kier molecular flexibility index (Phi) is 4.20. The van der Waals surface area contributed by atoms with Crippen molar-refractivity contribution in [3.8, 4) is 17.0 Å². The molecule has 0 bridgehead atoms. The fourth-order valence-corrected chi connectivity index (χ4v) is 2.52. The van der Waals surface area contributed by atoms with Crippen molar-refractivity contribution in [3.63, 3.8) is 0 Å². The Balaban J connectivity index is 2.64. The summed E-state index contributed by atoms with van der Waals surface area (Å²) in [6, 6.07) is 4.46. The van der Waals surface area contributed by atoms with Crippen LogP contribution in [0.2, 0.25) is 0 Å². The number of hydrogen-bond acceptors (Lipinski definition) is 4. The van der Waals surface area contributed by atoms with Crippen LogP contribution in [-0.2, 0) is 7.05 Å². The molecule has 6 nitrogen and oxygen atoms in total. The number of halogens is 2. The van der Waals surface area contributed by atoms with Crippen molar-refractivity contribution in [3.05, 3.63) is 39.0 Å². The highest BCUT2D eigenvalue weighted by molar-refractivity contribution is 9.10. The van der Waals surface area contributed by atoms with Crippen molar-refractivity contribution in [2.45, 2.75) is 0 Å². The van der Waals surface area contributed by atoms with E-state index in [9.17, 15) is 10.1 Å². The minimum absolute atomic E-state index is 0.00465. The van der Waals surface area contributed by atoms with Crippen molar-refractivity contribution in [1.29, 1.82) is 0 Å². The molecule has 0 spiro atoms. The van der Waals surface area contributed by atoms with E-state index in [1.807, 2.05) is 0 Å². The predicted octanol–water partition coefficient (Wildman–Crippen LogP) is 3.49. The minimum Gasteiger partial charge on any atom is -0.482 e. The first-order chi connectivity index (χ1) is 9.04. The van der Waals surface area contributed by atoms with Crippen LogP contribution >= 0.6 is 31.9 Å². The molecule has 0 amide bonds. The summed E-state index contributed by atoms with van der Waals surface area (Å²) in [5, 5.41) is 15.0. The summed E-state index contributed by atoms with van der Waals surface area (Å²) in [6.07, 6.45) is 1.63. The van der Waals surface area contributed by atoms with Crippen LogP contribution in [0.1, 0.15) is 0 Å².